The van der Waals surface area contributed by atoms with E-state index in [1.807, 2.05) is 0 Å². The minimum absolute atomic E-state index is 0.0384. The molecular weight excluding hydrogens is 423 g/mol. The van der Waals surface area contributed by atoms with E-state index in [2.05, 4.69) is 15.9 Å². The molecule has 150 valence electrons. The van der Waals surface area contributed by atoms with E-state index in [0.717, 1.165) is 0 Å². The molecule has 1 aromatic carbocycles. The summed E-state index contributed by atoms with van der Waals surface area (Å²) < 4.78 is 20.1. The molecule has 27 heavy (non-hydrogen) atoms. The third-order valence-corrected chi connectivity index (χ3v) is 5.56. The van der Waals surface area contributed by atoms with Gasteiger partial charge in [0.25, 0.3) is 5.54 Å². The Bertz CT molecular complexity index is 739. The Hall–Kier alpha value is -1.74. The van der Waals surface area contributed by atoms with Crippen LogP contribution in [0, 0.1) is 21.8 Å². The highest BCUT2D eigenvalue weighted by Crippen LogP contribution is 2.39. The van der Waals surface area contributed by atoms with Crippen molar-refractivity contribution in [1.29, 1.82) is 0 Å². The molecule has 0 bridgehead atoms. The lowest BCUT2D eigenvalue weighted by atomic mass is 9.81. The number of benzene rings is 1. The van der Waals surface area contributed by atoms with Gasteiger partial charge in [0.1, 0.15) is 24.1 Å². The highest BCUT2D eigenvalue weighted by molar-refractivity contribution is 9.10. The predicted molar refractivity (Wildman–Crippen MR) is 101 cm³/mol. The Morgan fingerprint density at radius 1 is 1.52 bits per heavy atom. The van der Waals surface area contributed by atoms with Gasteiger partial charge in [-0.15, -0.1) is 0 Å². The average Bonchev–Trinajstić information content (AvgIpc) is 2.83. The second kappa shape index (κ2) is 7.71. The zero-order chi connectivity index (χ0) is 20.6. The maximum Gasteiger partial charge on any atom is 0.410 e. The standard InChI is InChI=1S/C18H24BrFN2O5/c1-11-9-21(16(24)27-17(2,3)4)14(18(11,10-23)22(25)26)8-12-6-5-7-13(19)15(12)20/h5-7,11,14,23H,8-10H2,1-4H3. The highest BCUT2D eigenvalue weighted by atomic mass is 79.9. The molecule has 1 fully saturated rings. The van der Waals surface area contributed by atoms with Crippen LogP contribution < -0.4 is 0 Å². The Morgan fingerprint density at radius 3 is 2.67 bits per heavy atom. The van der Waals surface area contributed by atoms with E-state index in [4.69, 9.17) is 4.74 Å². The summed E-state index contributed by atoms with van der Waals surface area (Å²) in [5.74, 6) is -1.18. The number of carbonyl (C=O) groups is 1. The van der Waals surface area contributed by atoms with Gasteiger partial charge in [-0.1, -0.05) is 19.1 Å². The SMILES string of the molecule is CC1CN(C(=O)OC(C)(C)C)C(Cc2cccc(Br)c2F)C1(CO)[N+](=O)[O-]. The number of hydrogen-bond acceptors (Lipinski definition) is 5. The van der Waals surface area contributed by atoms with Gasteiger partial charge >= 0.3 is 6.09 Å². The minimum Gasteiger partial charge on any atom is -0.444 e. The molecule has 3 atom stereocenters. The Labute approximate surface area is 165 Å². The molecule has 1 heterocycles. The molecule has 7 nitrogen and oxygen atoms in total. The van der Waals surface area contributed by atoms with Crippen LogP contribution in [0.4, 0.5) is 9.18 Å². The summed E-state index contributed by atoms with van der Waals surface area (Å²) in [7, 11) is 0. The van der Waals surface area contributed by atoms with Gasteiger partial charge in [-0.2, -0.15) is 0 Å². The number of aliphatic hydroxyl groups excluding tert-OH is 1. The fourth-order valence-electron chi connectivity index (χ4n) is 3.52. The lowest BCUT2D eigenvalue weighted by molar-refractivity contribution is -0.584. The number of aliphatic hydroxyl groups is 1. The second-order valence-corrected chi connectivity index (χ2v) is 8.73. The highest BCUT2D eigenvalue weighted by Gasteiger charge is 2.63. The van der Waals surface area contributed by atoms with Crippen molar-refractivity contribution in [2.75, 3.05) is 13.2 Å². The monoisotopic (exact) mass is 446 g/mol. The number of hydrogen-bond donors (Lipinski definition) is 1. The number of ether oxygens (including phenoxy) is 1. The fraction of sp³-hybridized carbons (Fsp3) is 0.611. The third-order valence-electron chi connectivity index (χ3n) is 4.94. The molecule has 1 amide bonds. The van der Waals surface area contributed by atoms with Gasteiger partial charge in [-0.05, 0) is 48.3 Å². The van der Waals surface area contributed by atoms with E-state index in [-0.39, 0.29) is 23.0 Å². The van der Waals surface area contributed by atoms with Gasteiger partial charge in [-0.3, -0.25) is 15.0 Å². The molecule has 1 saturated heterocycles. The number of likely N-dealkylation sites (tertiary alicyclic amines) is 1. The van der Waals surface area contributed by atoms with Crippen LogP contribution in [0.1, 0.15) is 33.3 Å². The van der Waals surface area contributed by atoms with Crippen LogP contribution in [0.25, 0.3) is 0 Å². The first kappa shape index (κ1) is 21.6. The number of amides is 1. The predicted octanol–water partition coefficient (Wildman–Crippen LogP) is 3.39. The zero-order valence-corrected chi connectivity index (χ0v) is 17.3. The van der Waals surface area contributed by atoms with E-state index in [1.165, 1.54) is 17.0 Å². The normalized spacial score (nSPS) is 25.5. The van der Waals surface area contributed by atoms with Gasteiger partial charge in [0.05, 0.1) is 4.47 Å². The van der Waals surface area contributed by atoms with Gasteiger partial charge in [0, 0.05) is 23.8 Å². The summed E-state index contributed by atoms with van der Waals surface area (Å²) in [5, 5.41) is 21.9. The molecule has 1 aromatic rings. The Kier molecular flexibility index (Phi) is 6.16. The number of rotatable bonds is 4. The van der Waals surface area contributed by atoms with Crippen molar-refractivity contribution >= 4 is 22.0 Å². The van der Waals surface area contributed by atoms with Crippen molar-refractivity contribution in [2.45, 2.75) is 51.3 Å². The van der Waals surface area contributed by atoms with Crippen molar-refractivity contribution in [3.05, 3.63) is 44.2 Å². The molecule has 3 unspecified atom stereocenters. The van der Waals surface area contributed by atoms with Crippen LogP contribution >= 0.6 is 15.9 Å². The van der Waals surface area contributed by atoms with E-state index < -0.39 is 46.5 Å². The molecule has 0 saturated carbocycles. The summed E-state index contributed by atoms with van der Waals surface area (Å²) in [6, 6.07) is 3.60. The van der Waals surface area contributed by atoms with Crippen molar-refractivity contribution < 1.29 is 24.0 Å². The van der Waals surface area contributed by atoms with Crippen molar-refractivity contribution in [2.24, 2.45) is 5.92 Å². The molecule has 0 aliphatic carbocycles. The third kappa shape index (κ3) is 4.08. The summed E-state index contributed by atoms with van der Waals surface area (Å²) in [4.78, 5) is 25.3. The van der Waals surface area contributed by atoms with Crippen LogP contribution in [0.15, 0.2) is 22.7 Å². The molecule has 1 aliphatic rings. The van der Waals surface area contributed by atoms with Crippen LogP contribution in [-0.2, 0) is 11.2 Å². The van der Waals surface area contributed by atoms with Gasteiger partial charge in [-0.25, -0.2) is 9.18 Å². The molecule has 9 heteroatoms. The van der Waals surface area contributed by atoms with Crippen LogP contribution in [0.2, 0.25) is 0 Å². The Morgan fingerprint density at radius 2 is 2.15 bits per heavy atom. The zero-order valence-electron chi connectivity index (χ0n) is 15.7. The van der Waals surface area contributed by atoms with Crippen molar-refractivity contribution in [1.82, 2.24) is 4.90 Å². The average molecular weight is 447 g/mol. The molecular formula is C18H24BrFN2O5. The largest absolute Gasteiger partial charge is 0.444 e. The number of nitro groups is 1. The van der Waals surface area contributed by atoms with Gasteiger partial charge in [0.15, 0.2) is 0 Å². The number of nitrogens with zero attached hydrogens (tertiary/aromatic N) is 2. The first-order valence-electron chi connectivity index (χ1n) is 8.62. The fourth-order valence-corrected chi connectivity index (χ4v) is 3.93. The summed E-state index contributed by atoms with van der Waals surface area (Å²) in [6.07, 6.45) is -0.830. The summed E-state index contributed by atoms with van der Waals surface area (Å²) in [6.45, 7) is 5.96. The minimum atomic E-state index is -1.80. The van der Waals surface area contributed by atoms with Crippen LogP contribution in [0.5, 0.6) is 0 Å². The van der Waals surface area contributed by atoms with Gasteiger partial charge in [0.2, 0.25) is 0 Å². The topological polar surface area (TPSA) is 92.9 Å². The molecule has 0 aromatic heterocycles. The van der Waals surface area contributed by atoms with Crippen LogP contribution in [0.3, 0.4) is 0 Å². The quantitative estimate of drug-likeness (QED) is 0.564. The lowest BCUT2D eigenvalue weighted by Gasteiger charge is -2.32. The molecule has 2 rings (SSSR count). The summed E-state index contributed by atoms with van der Waals surface area (Å²) >= 11 is 3.10. The lowest BCUT2D eigenvalue weighted by Crippen LogP contribution is -2.57. The summed E-state index contributed by atoms with van der Waals surface area (Å²) in [5.41, 5.74) is -2.37. The molecule has 1 aliphatic heterocycles. The first-order valence-corrected chi connectivity index (χ1v) is 9.41. The van der Waals surface area contributed by atoms with Crippen molar-refractivity contribution in [3.63, 3.8) is 0 Å². The van der Waals surface area contributed by atoms with Crippen molar-refractivity contribution in [3.8, 4) is 0 Å². The molecule has 0 spiro atoms. The van der Waals surface area contributed by atoms with Gasteiger partial charge < -0.3 is 9.84 Å². The smallest absolute Gasteiger partial charge is 0.410 e. The van der Waals surface area contributed by atoms with Crippen LogP contribution in [-0.4, -0.2) is 51.4 Å². The molecule has 1 N–H and O–H groups in total. The van der Waals surface area contributed by atoms with E-state index in [0.29, 0.717) is 0 Å². The number of halogens is 2. The van der Waals surface area contributed by atoms with E-state index in [1.54, 1.807) is 33.8 Å². The molecule has 0 radical (unpaired) electrons. The number of carbonyl (C=O) groups excluding carboxylic acids is 1. The maximum absolute atomic E-state index is 14.5. The Balaban J connectivity index is 2.49. The van der Waals surface area contributed by atoms with E-state index >= 15 is 0 Å². The maximum atomic E-state index is 14.5. The van der Waals surface area contributed by atoms with E-state index in [9.17, 15) is 24.4 Å². The first-order chi connectivity index (χ1) is 12.4. The second-order valence-electron chi connectivity index (χ2n) is 7.87.